The third-order valence-corrected chi connectivity index (χ3v) is 10.3. The second-order valence-corrected chi connectivity index (χ2v) is 12.5. The summed E-state index contributed by atoms with van der Waals surface area (Å²) in [6.07, 6.45) is 1.92. The Bertz CT molecular complexity index is 662. The van der Waals surface area contributed by atoms with Gasteiger partial charge in [0.05, 0.1) is 11.7 Å². The van der Waals surface area contributed by atoms with E-state index in [1.807, 2.05) is 26.0 Å². The van der Waals surface area contributed by atoms with Crippen molar-refractivity contribution in [3.63, 3.8) is 0 Å². The predicted octanol–water partition coefficient (Wildman–Crippen LogP) is 4.28. The fourth-order valence-corrected chi connectivity index (χ4v) is 8.34. The number of hydrogen-bond acceptors (Lipinski definition) is 2. The average molecular weight is 369 g/mol. The Morgan fingerprint density at radius 3 is 1.73 bits per heavy atom. The Morgan fingerprint density at radius 2 is 1.38 bits per heavy atom. The molecule has 0 fully saturated rings. The van der Waals surface area contributed by atoms with Crippen molar-refractivity contribution in [3.8, 4) is 0 Å². The standard InChI is InChI=1S/C23H32O2Si/c1-7-18-23(6,24)19(2)25-26(22(3,4)5,20-14-10-8-11-15-20)21-16-12-9-13-17-21/h7-17,19,24H,1,18H2,2-6H3/t19-,23+/m0/s1. The van der Waals surface area contributed by atoms with Crippen LogP contribution in [0.25, 0.3) is 0 Å². The molecule has 2 nitrogen and oxygen atoms in total. The van der Waals surface area contributed by atoms with E-state index in [4.69, 9.17) is 4.43 Å². The first-order valence-electron chi connectivity index (χ1n) is 9.27. The normalized spacial score (nSPS) is 15.9. The quantitative estimate of drug-likeness (QED) is 0.584. The van der Waals surface area contributed by atoms with Crippen LogP contribution in [0.15, 0.2) is 73.3 Å². The summed E-state index contributed by atoms with van der Waals surface area (Å²) in [5, 5.41) is 13.3. The molecule has 2 aromatic carbocycles. The zero-order valence-corrected chi connectivity index (χ0v) is 17.7. The molecule has 2 atom stereocenters. The van der Waals surface area contributed by atoms with E-state index in [0.717, 1.165) is 0 Å². The minimum atomic E-state index is -2.65. The highest BCUT2D eigenvalue weighted by atomic mass is 28.4. The Hall–Kier alpha value is -1.68. The maximum Gasteiger partial charge on any atom is 0.261 e. The first-order chi connectivity index (χ1) is 12.1. The van der Waals surface area contributed by atoms with E-state index >= 15 is 0 Å². The van der Waals surface area contributed by atoms with Gasteiger partial charge in [0.25, 0.3) is 8.32 Å². The topological polar surface area (TPSA) is 29.5 Å². The molecule has 0 bridgehead atoms. The molecule has 2 aromatic rings. The first-order valence-corrected chi connectivity index (χ1v) is 11.2. The van der Waals surface area contributed by atoms with Crippen LogP contribution in [-0.2, 0) is 4.43 Å². The van der Waals surface area contributed by atoms with Crippen LogP contribution in [0.3, 0.4) is 0 Å². The van der Waals surface area contributed by atoms with Crippen LogP contribution in [0.1, 0.15) is 41.0 Å². The Morgan fingerprint density at radius 1 is 0.962 bits per heavy atom. The molecule has 0 aliphatic carbocycles. The zero-order chi connectivity index (χ0) is 19.4. The van der Waals surface area contributed by atoms with Crippen LogP contribution >= 0.6 is 0 Å². The molecule has 3 heteroatoms. The van der Waals surface area contributed by atoms with Crippen molar-refractivity contribution in [2.45, 2.75) is 57.8 Å². The molecule has 0 aromatic heterocycles. The Kier molecular flexibility index (Phi) is 6.27. The lowest BCUT2D eigenvalue weighted by Gasteiger charge is -2.47. The lowest BCUT2D eigenvalue weighted by Crippen LogP contribution is -2.69. The van der Waals surface area contributed by atoms with E-state index in [1.54, 1.807) is 6.08 Å². The van der Waals surface area contributed by atoms with Gasteiger partial charge in [-0.1, -0.05) is 87.5 Å². The summed E-state index contributed by atoms with van der Waals surface area (Å²) in [4.78, 5) is 0. The molecule has 0 aliphatic heterocycles. The van der Waals surface area contributed by atoms with Crippen molar-refractivity contribution in [2.24, 2.45) is 0 Å². The monoisotopic (exact) mass is 368 g/mol. The van der Waals surface area contributed by atoms with Crippen LogP contribution in [0, 0.1) is 0 Å². The summed E-state index contributed by atoms with van der Waals surface area (Å²) < 4.78 is 6.93. The number of hydrogen-bond donors (Lipinski definition) is 1. The summed E-state index contributed by atoms with van der Waals surface area (Å²) in [6.45, 7) is 14.3. The van der Waals surface area contributed by atoms with Gasteiger partial charge in [0.1, 0.15) is 0 Å². The summed E-state index contributed by atoms with van der Waals surface area (Å²) in [7, 11) is -2.65. The van der Waals surface area contributed by atoms with Crippen molar-refractivity contribution in [3.05, 3.63) is 73.3 Å². The molecule has 0 radical (unpaired) electrons. The van der Waals surface area contributed by atoms with Gasteiger partial charge in [-0.05, 0) is 35.7 Å². The largest absolute Gasteiger partial charge is 0.402 e. The number of benzene rings is 2. The third-order valence-electron chi connectivity index (χ3n) is 5.20. The van der Waals surface area contributed by atoms with E-state index in [9.17, 15) is 5.11 Å². The highest BCUT2D eigenvalue weighted by Gasteiger charge is 2.52. The molecule has 1 N–H and O–H groups in total. The average Bonchev–Trinajstić information content (AvgIpc) is 2.59. The van der Waals surface area contributed by atoms with Gasteiger partial charge in [0, 0.05) is 0 Å². The fraction of sp³-hybridized carbons (Fsp3) is 0.391. The molecule has 0 unspecified atom stereocenters. The van der Waals surface area contributed by atoms with E-state index in [1.165, 1.54) is 10.4 Å². The highest BCUT2D eigenvalue weighted by Crippen LogP contribution is 2.38. The van der Waals surface area contributed by atoms with Gasteiger partial charge in [-0.15, -0.1) is 6.58 Å². The maximum absolute atomic E-state index is 10.9. The van der Waals surface area contributed by atoms with Crippen LogP contribution in [0.4, 0.5) is 0 Å². The SMILES string of the molecule is C=CC[C@@](C)(O)[C@H](C)O[Si](c1ccccc1)(c1ccccc1)C(C)(C)C. The van der Waals surface area contributed by atoms with Gasteiger partial charge in [0.2, 0.25) is 0 Å². The molecule has 0 aliphatic rings. The van der Waals surface area contributed by atoms with Gasteiger partial charge in [-0.3, -0.25) is 0 Å². The zero-order valence-electron chi connectivity index (χ0n) is 16.7. The molecular formula is C23H32O2Si. The van der Waals surface area contributed by atoms with Crippen molar-refractivity contribution < 1.29 is 9.53 Å². The molecule has 0 spiro atoms. The van der Waals surface area contributed by atoms with Gasteiger partial charge < -0.3 is 9.53 Å². The van der Waals surface area contributed by atoms with Gasteiger partial charge in [-0.25, -0.2) is 0 Å². The lowest BCUT2D eigenvalue weighted by atomic mass is 9.97. The smallest absolute Gasteiger partial charge is 0.261 e. The summed E-state index contributed by atoms with van der Waals surface area (Å²) in [5.41, 5.74) is -0.963. The summed E-state index contributed by atoms with van der Waals surface area (Å²) >= 11 is 0. The summed E-state index contributed by atoms with van der Waals surface area (Å²) in [5.74, 6) is 0. The molecule has 0 heterocycles. The number of aliphatic hydroxyl groups is 1. The van der Waals surface area contributed by atoms with Crippen LogP contribution in [0.5, 0.6) is 0 Å². The molecular weight excluding hydrogens is 336 g/mol. The third kappa shape index (κ3) is 4.01. The summed E-state index contributed by atoms with van der Waals surface area (Å²) in [6, 6.07) is 21.0. The van der Waals surface area contributed by atoms with Crippen molar-refractivity contribution in [1.29, 1.82) is 0 Å². The number of rotatable bonds is 7. The van der Waals surface area contributed by atoms with E-state index in [2.05, 4.69) is 75.9 Å². The Balaban J connectivity index is 2.67. The maximum atomic E-state index is 10.9. The van der Waals surface area contributed by atoms with Gasteiger partial charge >= 0.3 is 0 Å². The van der Waals surface area contributed by atoms with Crippen LogP contribution < -0.4 is 10.4 Å². The lowest BCUT2D eigenvalue weighted by molar-refractivity contribution is -0.0409. The van der Waals surface area contributed by atoms with Crippen LogP contribution in [0.2, 0.25) is 5.04 Å². The second kappa shape index (κ2) is 7.91. The highest BCUT2D eigenvalue weighted by molar-refractivity contribution is 6.99. The second-order valence-electron chi connectivity index (χ2n) is 8.27. The molecule has 2 rings (SSSR count). The fourth-order valence-electron chi connectivity index (χ4n) is 3.54. The molecule has 0 saturated heterocycles. The van der Waals surface area contributed by atoms with Gasteiger partial charge in [0.15, 0.2) is 0 Å². The van der Waals surface area contributed by atoms with Crippen molar-refractivity contribution in [1.82, 2.24) is 0 Å². The molecule has 26 heavy (non-hydrogen) atoms. The minimum Gasteiger partial charge on any atom is -0.402 e. The minimum absolute atomic E-state index is 0.103. The molecule has 0 amide bonds. The van der Waals surface area contributed by atoms with E-state index in [-0.39, 0.29) is 11.1 Å². The van der Waals surface area contributed by atoms with Crippen molar-refractivity contribution >= 4 is 18.7 Å². The van der Waals surface area contributed by atoms with E-state index in [0.29, 0.717) is 6.42 Å². The Labute approximate surface area is 159 Å². The van der Waals surface area contributed by atoms with Crippen molar-refractivity contribution in [2.75, 3.05) is 0 Å². The first kappa shape index (κ1) is 20.6. The predicted molar refractivity (Wildman–Crippen MR) is 114 cm³/mol. The van der Waals surface area contributed by atoms with Gasteiger partial charge in [-0.2, -0.15) is 0 Å². The van der Waals surface area contributed by atoms with E-state index < -0.39 is 13.9 Å². The van der Waals surface area contributed by atoms with Crippen LogP contribution in [-0.4, -0.2) is 25.1 Å². The molecule has 0 saturated carbocycles. The molecule has 140 valence electrons.